The number of ether oxygens (including phenoxy) is 1. The molecule has 1 aliphatic heterocycles. The zero-order valence-corrected chi connectivity index (χ0v) is 17.1. The molecular weight excluding hydrogens is 411 g/mol. The number of aliphatic hydroxyl groups is 1. The zero-order valence-electron chi connectivity index (χ0n) is 16.3. The van der Waals surface area contributed by atoms with Crippen molar-refractivity contribution in [2.45, 2.75) is 49.0 Å². The Morgan fingerprint density at radius 2 is 1.80 bits per heavy atom. The lowest BCUT2D eigenvalue weighted by molar-refractivity contribution is -0.130. The van der Waals surface area contributed by atoms with E-state index >= 15 is 0 Å². The molecular formula is C21H25FN2O5S. The largest absolute Gasteiger partial charge is 0.394 e. The Balaban J connectivity index is 1.52. The molecule has 3 atom stereocenters. The molecule has 0 aromatic heterocycles. The van der Waals surface area contributed by atoms with Crippen molar-refractivity contribution in [1.29, 1.82) is 0 Å². The van der Waals surface area contributed by atoms with Gasteiger partial charge in [0.05, 0.1) is 36.2 Å². The van der Waals surface area contributed by atoms with Crippen LogP contribution in [0.15, 0.2) is 59.5 Å². The molecule has 3 N–H and O–H groups in total. The highest BCUT2D eigenvalue weighted by atomic mass is 32.2. The molecule has 0 bridgehead atoms. The third kappa shape index (κ3) is 5.85. The van der Waals surface area contributed by atoms with Gasteiger partial charge in [-0.15, -0.1) is 0 Å². The van der Waals surface area contributed by atoms with Gasteiger partial charge < -0.3 is 15.2 Å². The standard InChI is InChI=1S/C21H25FN2O5S/c22-18-9-5-4-6-15(18)13-23-21(26)12-16-10-11-19(20(14-25)29-16)24-30(27,28)17-7-2-1-3-8-17/h1-9,16,19-20,24-25H,10-14H2,(H,23,26)/t16-,19+,20+/m0/s1. The van der Waals surface area contributed by atoms with Crippen molar-refractivity contribution in [2.24, 2.45) is 0 Å². The van der Waals surface area contributed by atoms with Crippen LogP contribution in [0.1, 0.15) is 24.8 Å². The molecule has 7 nitrogen and oxygen atoms in total. The molecule has 0 spiro atoms. The van der Waals surface area contributed by atoms with Gasteiger partial charge in [-0.2, -0.15) is 0 Å². The van der Waals surface area contributed by atoms with Crippen molar-refractivity contribution in [1.82, 2.24) is 10.0 Å². The molecule has 2 aromatic rings. The highest BCUT2D eigenvalue weighted by molar-refractivity contribution is 7.89. The van der Waals surface area contributed by atoms with Gasteiger partial charge >= 0.3 is 0 Å². The van der Waals surface area contributed by atoms with Gasteiger partial charge in [0.2, 0.25) is 15.9 Å². The van der Waals surface area contributed by atoms with Crippen LogP contribution in [0.5, 0.6) is 0 Å². The lowest BCUT2D eigenvalue weighted by Gasteiger charge is -2.35. The predicted octanol–water partition coefficient (Wildman–Crippen LogP) is 1.72. The lowest BCUT2D eigenvalue weighted by atomic mass is 9.98. The maximum Gasteiger partial charge on any atom is 0.240 e. The molecule has 0 radical (unpaired) electrons. The predicted molar refractivity (Wildman–Crippen MR) is 108 cm³/mol. The number of halogens is 1. The molecule has 0 aliphatic carbocycles. The van der Waals surface area contributed by atoms with E-state index in [-0.39, 0.29) is 36.2 Å². The molecule has 1 aliphatic rings. The molecule has 30 heavy (non-hydrogen) atoms. The van der Waals surface area contributed by atoms with E-state index in [9.17, 15) is 22.7 Å². The number of benzene rings is 2. The van der Waals surface area contributed by atoms with E-state index in [0.29, 0.717) is 18.4 Å². The first-order valence-electron chi connectivity index (χ1n) is 9.73. The molecule has 3 rings (SSSR count). The molecule has 0 saturated carbocycles. The first-order valence-corrected chi connectivity index (χ1v) is 11.2. The summed E-state index contributed by atoms with van der Waals surface area (Å²) in [6.45, 7) is -0.309. The van der Waals surface area contributed by atoms with Crippen molar-refractivity contribution in [3.05, 3.63) is 66.0 Å². The highest BCUT2D eigenvalue weighted by Crippen LogP contribution is 2.23. The second-order valence-corrected chi connectivity index (χ2v) is 8.88. The molecule has 9 heteroatoms. The number of rotatable bonds is 8. The summed E-state index contributed by atoms with van der Waals surface area (Å²) in [6, 6.07) is 13.6. The van der Waals surface area contributed by atoms with Gasteiger partial charge in [-0.1, -0.05) is 36.4 Å². The number of amides is 1. The van der Waals surface area contributed by atoms with Crippen LogP contribution in [0, 0.1) is 5.82 Å². The van der Waals surface area contributed by atoms with Crippen LogP contribution >= 0.6 is 0 Å². The Bertz CT molecular complexity index is 955. The van der Waals surface area contributed by atoms with Crippen LogP contribution in [0.4, 0.5) is 4.39 Å². The second kappa shape index (κ2) is 10.1. The fraction of sp³-hybridized carbons (Fsp3) is 0.381. The molecule has 162 valence electrons. The summed E-state index contributed by atoms with van der Waals surface area (Å²) in [6.07, 6.45) is -0.307. The maximum absolute atomic E-state index is 13.6. The van der Waals surface area contributed by atoms with Gasteiger partial charge in [-0.25, -0.2) is 17.5 Å². The summed E-state index contributed by atoms with van der Waals surface area (Å²) in [4.78, 5) is 12.3. The minimum atomic E-state index is -3.74. The third-order valence-corrected chi connectivity index (χ3v) is 6.51. The van der Waals surface area contributed by atoms with Crippen LogP contribution < -0.4 is 10.0 Å². The van der Waals surface area contributed by atoms with E-state index in [4.69, 9.17) is 4.74 Å². The number of sulfonamides is 1. The van der Waals surface area contributed by atoms with E-state index in [1.807, 2.05) is 0 Å². The van der Waals surface area contributed by atoms with Crippen LogP contribution in [-0.2, 0) is 26.1 Å². The van der Waals surface area contributed by atoms with Crippen molar-refractivity contribution in [3.8, 4) is 0 Å². The van der Waals surface area contributed by atoms with Crippen molar-refractivity contribution in [2.75, 3.05) is 6.61 Å². The van der Waals surface area contributed by atoms with Crippen LogP contribution in [-0.4, -0.2) is 44.3 Å². The van der Waals surface area contributed by atoms with Crippen molar-refractivity contribution < 1.29 is 27.4 Å². The van der Waals surface area contributed by atoms with Crippen molar-refractivity contribution >= 4 is 15.9 Å². The van der Waals surface area contributed by atoms with E-state index < -0.39 is 28.3 Å². The van der Waals surface area contributed by atoms with Crippen molar-refractivity contribution in [3.63, 3.8) is 0 Å². The first kappa shape index (κ1) is 22.4. The second-order valence-electron chi connectivity index (χ2n) is 7.17. The van der Waals surface area contributed by atoms with E-state index in [1.165, 1.54) is 18.2 Å². The van der Waals surface area contributed by atoms with Gasteiger partial charge in [-0.05, 0) is 31.0 Å². The minimum Gasteiger partial charge on any atom is -0.394 e. The molecule has 1 heterocycles. The number of aliphatic hydroxyl groups excluding tert-OH is 1. The van der Waals surface area contributed by atoms with E-state index in [2.05, 4.69) is 10.0 Å². The van der Waals surface area contributed by atoms with Gasteiger partial charge in [0.1, 0.15) is 5.82 Å². The van der Waals surface area contributed by atoms with E-state index in [1.54, 1.807) is 36.4 Å². The normalized spacial score (nSPS) is 21.9. The molecule has 0 unspecified atom stereocenters. The quantitative estimate of drug-likeness (QED) is 0.585. The fourth-order valence-electron chi connectivity index (χ4n) is 3.40. The number of hydrogen-bond acceptors (Lipinski definition) is 5. The summed E-state index contributed by atoms with van der Waals surface area (Å²) in [5, 5.41) is 12.3. The number of carbonyl (C=O) groups is 1. The van der Waals surface area contributed by atoms with Gasteiger partial charge in [-0.3, -0.25) is 4.79 Å². The number of hydrogen-bond donors (Lipinski definition) is 3. The maximum atomic E-state index is 13.6. The Kier molecular flexibility index (Phi) is 7.54. The molecule has 1 fully saturated rings. The van der Waals surface area contributed by atoms with Crippen LogP contribution in [0.3, 0.4) is 0 Å². The average molecular weight is 437 g/mol. The number of nitrogens with one attached hydrogen (secondary N) is 2. The Labute approximate surface area is 175 Å². The Morgan fingerprint density at radius 3 is 2.50 bits per heavy atom. The molecule has 1 saturated heterocycles. The zero-order chi connectivity index (χ0) is 21.6. The topological polar surface area (TPSA) is 105 Å². The highest BCUT2D eigenvalue weighted by Gasteiger charge is 2.34. The van der Waals surface area contributed by atoms with E-state index in [0.717, 1.165) is 0 Å². The van der Waals surface area contributed by atoms with Gasteiger partial charge in [0.15, 0.2) is 0 Å². The molecule has 2 aromatic carbocycles. The summed E-state index contributed by atoms with van der Waals surface area (Å²) >= 11 is 0. The first-order chi connectivity index (χ1) is 14.4. The van der Waals surface area contributed by atoms with Crippen LogP contribution in [0.2, 0.25) is 0 Å². The Morgan fingerprint density at radius 1 is 1.10 bits per heavy atom. The van der Waals surface area contributed by atoms with Gasteiger partial charge in [0, 0.05) is 12.1 Å². The van der Waals surface area contributed by atoms with Crippen LogP contribution in [0.25, 0.3) is 0 Å². The minimum absolute atomic E-state index is 0.0447. The summed E-state index contributed by atoms with van der Waals surface area (Å²) in [5.74, 6) is -0.691. The summed E-state index contributed by atoms with van der Waals surface area (Å²) in [5.41, 5.74) is 0.388. The number of carbonyl (C=O) groups excluding carboxylic acids is 1. The Hall–Kier alpha value is -2.33. The summed E-state index contributed by atoms with van der Waals surface area (Å²) in [7, 11) is -3.74. The summed E-state index contributed by atoms with van der Waals surface area (Å²) < 4.78 is 47.0. The fourth-order valence-corrected chi connectivity index (χ4v) is 4.72. The smallest absolute Gasteiger partial charge is 0.240 e. The average Bonchev–Trinajstić information content (AvgIpc) is 2.74. The SMILES string of the molecule is O=C(C[C@@H]1CC[C@@H](NS(=O)(=O)c2ccccc2)[C@@H](CO)O1)NCc1ccccc1F. The lowest BCUT2D eigenvalue weighted by Crippen LogP contribution is -2.51. The van der Waals surface area contributed by atoms with Gasteiger partial charge in [0.25, 0.3) is 0 Å². The molecule has 1 amide bonds. The monoisotopic (exact) mass is 436 g/mol. The third-order valence-electron chi connectivity index (χ3n) is 5.00.